The second-order valence-corrected chi connectivity index (χ2v) is 9.73. The van der Waals surface area contributed by atoms with Crippen molar-refractivity contribution in [2.24, 2.45) is 0 Å². The summed E-state index contributed by atoms with van der Waals surface area (Å²) in [6, 6.07) is 6.61. The van der Waals surface area contributed by atoms with Gasteiger partial charge in [0.15, 0.2) is 22.3 Å². The van der Waals surface area contributed by atoms with E-state index in [1.54, 1.807) is 24.3 Å². The van der Waals surface area contributed by atoms with Crippen LogP contribution in [0.15, 0.2) is 40.2 Å². The van der Waals surface area contributed by atoms with E-state index < -0.39 is 39.3 Å². The van der Waals surface area contributed by atoms with Gasteiger partial charge in [0.1, 0.15) is 4.90 Å². The normalized spacial score (nSPS) is 16.2. The molecule has 0 fully saturated rings. The van der Waals surface area contributed by atoms with Crippen LogP contribution < -0.4 is 5.32 Å². The number of carbonyl (C=O) groups is 1. The third kappa shape index (κ3) is 3.05. The first-order chi connectivity index (χ1) is 13.5. The van der Waals surface area contributed by atoms with Crippen LogP contribution in [-0.4, -0.2) is 35.8 Å². The van der Waals surface area contributed by atoms with Crippen molar-refractivity contribution in [3.63, 3.8) is 0 Å². The smallest absolute Gasteiger partial charge is 0.434 e. The van der Waals surface area contributed by atoms with Crippen molar-refractivity contribution in [3.8, 4) is 0 Å². The van der Waals surface area contributed by atoms with Crippen LogP contribution in [0.3, 0.4) is 0 Å². The maximum Gasteiger partial charge on any atom is 0.434 e. The second kappa shape index (κ2) is 6.43. The maximum atomic E-state index is 13.0. The summed E-state index contributed by atoms with van der Waals surface area (Å²) in [5.74, 6) is -1.68. The molecule has 152 valence electrons. The number of thiazole rings is 1. The van der Waals surface area contributed by atoms with Gasteiger partial charge in [0.05, 0.1) is 4.88 Å². The molecule has 1 aromatic carbocycles. The number of hydrogen-bond acceptors (Lipinski definition) is 7. The van der Waals surface area contributed by atoms with Gasteiger partial charge in [-0.05, 0) is 6.07 Å². The van der Waals surface area contributed by atoms with Crippen LogP contribution >= 0.6 is 22.7 Å². The zero-order chi connectivity index (χ0) is 21.1. The molecular formula is C16H10F3N3O4S3. The van der Waals surface area contributed by atoms with Crippen LogP contribution in [0.25, 0.3) is 15.8 Å². The van der Waals surface area contributed by atoms with E-state index in [4.69, 9.17) is 0 Å². The Balaban J connectivity index is 1.79. The summed E-state index contributed by atoms with van der Waals surface area (Å²) in [4.78, 5) is 15.8. The highest BCUT2D eigenvalue weighted by molar-refractivity contribution is 7.89. The Morgan fingerprint density at radius 3 is 2.62 bits per heavy atom. The average molecular weight is 461 g/mol. The SMILES string of the molecule is CN1C(C(=O)Nc2nc(C(F)(F)F)cs2)=C(O)c2sc3ccccc3c2S1(=O)=O. The first kappa shape index (κ1) is 19.7. The molecule has 1 amide bonds. The van der Waals surface area contributed by atoms with Crippen molar-refractivity contribution in [1.82, 2.24) is 9.29 Å². The minimum absolute atomic E-state index is 0.00966. The lowest BCUT2D eigenvalue weighted by atomic mass is 10.2. The van der Waals surface area contributed by atoms with Gasteiger partial charge in [-0.3, -0.25) is 14.4 Å². The molecule has 3 heterocycles. The molecule has 0 bridgehead atoms. The summed E-state index contributed by atoms with van der Waals surface area (Å²) in [7, 11) is -3.09. The van der Waals surface area contributed by atoms with Crippen LogP contribution in [-0.2, 0) is 21.0 Å². The van der Waals surface area contributed by atoms with E-state index in [2.05, 4.69) is 10.3 Å². The quantitative estimate of drug-likeness (QED) is 0.604. The molecule has 0 aliphatic carbocycles. The number of nitrogens with one attached hydrogen (secondary N) is 1. The molecule has 0 radical (unpaired) electrons. The number of aromatic nitrogens is 1. The van der Waals surface area contributed by atoms with Gasteiger partial charge < -0.3 is 5.11 Å². The molecule has 1 aliphatic rings. The van der Waals surface area contributed by atoms with E-state index in [1.807, 2.05) is 0 Å². The highest BCUT2D eigenvalue weighted by Gasteiger charge is 2.41. The number of anilines is 1. The number of thiophene rings is 1. The number of sulfonamides is 1. The van der Waals surface area contributed by atoms with Gasteiger partial charge in [-0.25, -0.2) is 13.4 Å². The molecule has 3 aromatic rings. The van der Waals surface area contributed by atoms with Gasteiger partial charge in [0.25, 0.3) is 15.9 Å². The number of fused-ring (bicyclic) bond motifs is 3. The van der Waals surface area contributed by atoms with Gasteiger partial charge in [0.2, 0.25) is 0 Å². The molecule has 29 heavy (non-hydrogen) atoms. The van der Waals surface area contributed by atoms with Crippen LogP contribution in [0.5, 0.6) is 0 Å². The molecule has 0 saturated carbocycles. The summed E-state index contributed by atoms with van der Waals surface area (Å²) in [6.45, 7) is 0. The van der Waals surface area contributed by atoms with Gasteiger partial charge in [0, 0.05) is 22.5 Å². The summed E-state index contributed by atoms with van der Waals surface area (Å²) in [5.41, 5.74) is -1.79. The molecule has 2 N–H and O–H groups in total. The van der Waals surface area contributed by atoms with Gasteiger partial charge in [-0.1, -0.05) is 18.2 Å². The van der Waals surface area contributed by atoms with Crippen molar-refractivity contribution in [1.29, 1.82) is 0 Å². The molecular weight excluding hydrogens is 451 g/mol. The number of aliphatic hydroxyl groups is 1. The number of benzene rings is 1. The molecule has 7 nitrogen and oxygen atoms in total. The number of halogens is 3. The van der Waals surface area contributed by atoms with Crippen LogP contribution in [0.1, 0.15) is 10.6 Å². The maximum absolute atomic E-state index is 13.0. The highest BCUT2D eigenvalue weighted by Crippen LogP contribution is 2.44. The molecule has 13 heteroatoms. The molecule has 0 atom stereocenters. The van der Waals surface area contributed by atoms with Crippen molar-refractivity contribution in [2.45, 2.75) is 11.1 Å². The number of rotatable bonds is 2. The topological polar surface area (TPSA) is 99.6 Å². The Labute approximate surface area is 169 Å². The minimum Gasteiger partial charge on any atom is -0.504 e. The van der Waals surface area contributed by atoms with Crippen molar-refractivity contribution in [2.75, 3.05) is 12.4 Å². The average Bonchev–Trinajstić information content (AvgIpc) is 3.25. The van der Waals surface area contributed by atoms with Crippen LogP contribution in [0.4, 0.5) is 18.3 Å². The third-order valence-corrected chi connectivity index (χ3v) is 8.06. The fourth-order valence-electron chi connectivity index (χ4n) is 2.82. The number of amides is 1. The van der Waals surface area contributed by atoms with E-state index in [0.717, 1.165) is 23.8 Å². The fraction of sp³-hybridized carbons (Fsp3) is 0.125. The second-order valence-electron chi connectivity index (χ2n) is 5.92. The first-order valence-electron chi connectivity index (χ1n) is 7.80. The summed E-state index contributed by atoms with van der Waals surface area (Å²) < 4.78 is 65.2. The van der Waals surface area contributed by atoms with E-state index in [-0.39, 0.29) is 14.9 Å². The van der Waals surface area contributed by atoms with E-state index >= 15 is 0 Å². The molecule has 4 rings (SSSR count). The van der Waals surface area contributed by atoms with E-state index in [1.165, 1.54) is 0 Å². The Morgan fingerprint density at radius 2 is 1.97 bits per heavy atom. The number of hydrogen-bond donors (Lipinski definition) is 2. The molecule has 2 aromatic heterocycles. The molecule has 0 spiro atoms. The zero-order valence-electron chi connectivity index (χ0n) is 14.3. The van der Waals surface area contributed by atoms with Crippen molar-refractivity contribution in [3.05, 3.63) is 45.9 Å². The van der Waals surface area contributed by atoms with Crippen molar-refractivity contribution >= 4 is 59.6 Å². The lowest BCUT2D eigenvalue weighted by molar-refractivity contribution is -0.140. The minimum atomic E-state index is -4.68. The van der Waals surface area contributed by atoms with E-state index in [9.17, 15) is 31.5 Å². The Hall–Kier alpha value is -2.64. The van der Waals surface area contributed by atoms with Crippen molar-refractivity contribution < 1.29 is 31.5 Å². The Kier molecular flexibility index (Phi) is 4.36. The lowest BCUT2D eigenvalue weighted by Gasteiger charge is -2.26. The summed E-state index contributed by atoms with van der Waals surface area (Å²) in [6.07, 6.45) is -4.68. The standard InChI is InChI=1S/C16H10F3N3O4S3/c1-22-10(14(24)21-15-20-9(6-27-15)16(17,18)19)11(23)12-13(29(22,25)26)7-4-2-3-5-8(7)28-12/h2-6,23H,1H3,(H,20,21,24). The van der Waals surface area contributed by atoms with Gasteiger partial charge >= 0.3 is 6.18 Å². The lowest BCUT2D eigenvalue weighted by Crippen LogP contribution is -2.36. The Bertz CT molecular complexity index is 1290. The summed E-state index contributed by atoms with van der Waals surface area (Å²) >= 11 is 1.52. The third-order valence-electron chi connectivity index (χ3n) is 4.15. The van der Waals surface area contributed by atoms with Gasteiger partial charge in [-0.15, -0.1) is 22.7 Å². The number of aliphatic hydroxyl groups excluding tert-OH is 1. The number of likely N-dealkylation sites (N-methyl/N-ethyl adjacent to an activating group) is 1. The predicted octanol–water partition coefficient (Wildman–Crippen LogP) is 3.88. The monoisotopic (exact) mass is 461 g/mol. The molecule has 0 unspecified atom stereocenters. The Morgan fingerprint density at radius 1 is 1.28 bits per heavy atom. The van der Waals surface area contributed by atoms with Gasteiger partial charge in [-0.2, -0.15) is 13.2 Å². The number of alkyl halides is 3. The largest absolute Gasteiger partial charge is 0.504 e. The van der Waals surface area contributed by atoms with E-state index in [0.29, 0.717) is 25.7 Å². The first-order valence-corrected chi connectivity index (χ1v) is 10.9. The molecule has 0 saturated heterocycles. The zero-order valence-corrected chi connectivity index (χ0v) is 16.8. The number of carbonyl (C=O) groups excluding carboxylic acids is 1. The fourth-order valence-corrected chi connectivity index (χ4v) is 6.55. The number of nitrogens with zero attached hydrogens (tertiary/aromatic N) is 2. The predicted molar refractivity (Wildman–Crippen MR) is 102 cm³/mol. The molecule has 1 aliphatic heterocycles. The van der Waals surface area contributed by atoms with Crippen LogP contribution in [0.2, 0.25) is 0 Å². The van der Waals surface area contributed by atoms with Crippen LogP contribution in [0, 0.1) is 0 Å². The summed E-state index contributed by atoms with van der Waals surface area (Å²) in [5, 5.41) is 13.5. The highest BCUT2D eigenvalue weighted by atomic mass is 32.2.